The highest BCUT2D eigenvalue weighted by Crippen LogP contribution is 2.17. The topological polar surface area (TPSA) is 119 Å². The van der Waals surface area contributed by atoms with Gasteiger partial charge in [0.15, 0.2) is 0 Å². The molecule has 0 aliphatic carbocycles. The lowest BCUT2D eigenvalue weighted by molar-refractivity contribution is -0.150. The van der Waals surface area contributed by atoms with Gasteiger partial charge >= 0.3 is 11.9 Å². The van der Waals surface area contributed by atoms with Crippen LogP contribution >= 0.6 is 0 Å². The summed E-state index contributed by atoms with van der Waals surface area (Å²) in [6.45, 7) is 4.70. The molecular formula is C47H78N2O5. The molecule has 306 valence electrons. The minimum atomic E-state index is -1.02. The molecule has 1 amide bonds. The van der Waals surface area contributed by atoms with E-state index in [1.807, 2.05) is 0 Å². The zero-order valence-electron chi connectivity index (χ0n) is 34.3. The molecule has 0 aromatic rings. The molecule has 0 heterocycles. The van der Waals surface area contributed by atoms with Crippen LogP contribution in [0.1, 0.15) is 174 Å². The number of nitrogens with two attached hydrogens (primary N) is 1. The molecule has 2 atom stereocenters. The number of amides is 1. The number of aliphatic carboxylic acids is 1. The van der Waals surface area contributed by atoms with Crippen LogP contribution in [0.5, 0.6) is 0 Å². The number of carbonyl (C=O) groups is 3. The van der Waals surface area contributed by atoms with Crippen LogP contribution in [-0.2, 0) is 19.1 Å². The number of allylic oxidation sites excluding steroid dienone is 14. The van der Waals surface area contributed by atoms with Crippen molar-refractivity contribution in [2.75, 3.05) is 6.54 Å². The Morgan fingerprint density at radius 1 is 0.537 bits per heavy atom. The molecule has 7 heteroatoms. The first-order valence-corrected chi connectivity index (χ1v) is 21.4. The smallest absolute Gasteiger partial charge is 0.326 e. The van der Waals surface area contributed by atoms with Gasteiger partial charge in [-0.2, -0.15) is 0 Å². The van der Waals surface area contributed by atoms with E-state index in [1.54, 1.807) is 0 Å². The fraction of sp³-hybridized carbons (Fsp3) is 0.638. The number of carbonyl (C=O) groups excluding carboxylic acids is 2. The molecule has 0 spiro atoms. The number of rotatable bonds is 37. The van der Waals surface area contributed by atoms with Crippen molar-refractivity contribution in [1.29, 1.82) is 0 Å². The Labute approximate surface area is 330 Å². The largest absolute Gasteiger partial charge is 0.480 e. The van der Waals surface area contributed by atoms with Gasteiger partial charge in [0.05, 0.1) is 0 Å². The maximum Gasteiger partial charge on any atom is 0.326 e. The van der Waals surface area contributed by atoms with E-state index in [4.69, 9.17) is 10.5 Å². The number of nitrogens with one attached hydrogen (secondary N) is 1. The Balaban J connectivity index is 4.50. The summed E-state index contributed by atoms with van der Waals surface area (Å²) in [7, 11) is 0. The number of hydrogen-bond donors (Lipinski definition) is 3. The van der Waals surface area contributed by atoms with E-state index in [1.165, 1.54) is 12.8 Å². The Kier molecular flexibility index (Phi) is 38.1. The Hall–Kier alpha value is -3.45. The number of esters is 1. The van der Waals surface area contributed by atoms with Gasteiger partial charge in [0.2, 0.25) is 5.91 Å². The third kappa shape index (κ3) is 36.9. The molecule has 0 saturated carbocycles. The molecule has 54 heavy (non-hydrogen) atoms. The van der Waals surface area contributed by atoms with Gasteiger partial charge in [-0.05, 0) is 116 Å². The number of carboxylic acid groups (broad SMARTS) is 1. The van der Waals surface area contributed by atoms with Crippen molar-refractivity contribution in [2.45, 2.75) is 187 Å². The summed E-state index contributed by atoms with van der Waals surface area (Å²) < 4.78 is 5.99. The minimum Gasteiger partial charge on any atom is -0.480 e. The first-order valence-electron chi connectivity index (χ1n) is 21.4. The second-order valence-electron chi connectivity index (χ2n) is 14.0. The third-order valence-corrected chi connectivity index (χ3v) is 8.96. The van der Waals surface area contributed by atoms with Crippen LogP contribution in [0.4, 0.5) is 0 Å². The molecule has 0 saturated heterocycles. The first-order chi connectivity index (χ1) is 26.4. The van der Waals surface area contributed by atoms with Crippen LogP contribution in [0, 0.1) is 0 Å². The Morgan fingerprint density at radius 2 is 1.00 bits per heavy atom. The van der Waals surface area contributed by atoms with E-state index in [0.29, 0.717) is 32.2 Å². The van der Waals surface area contributed by atoms with Gasteiger partial charge < -0.3 is 20.9 Å². The summed E-state index contributed by atoms with van der Waals surface area (Å²) in [4.78, 5) is 36.4. The number of hydrogen-bond acceptors (Lipinski definition) is 5. The molecule has 0 aliphatic heterocycles. The number of ether oxygens (including phenoxy) is 1. The van der Waals surface area contributed by atoms with Crippen LogP contribution in [0.15, 0.2) is 85.1 Å². The highest BCUT2D eigenvalue weighted by molar-refractivity contribution is 5.83. The molecule has 0 aliphatic rings. The summed E-state index contributed by atoms with van der Waals surface area (Å²) >= 11 is 0. The van der Waals surface area contributed by atoms with Crippen molar-refractivity contribution in [2.24, 2.45) is 5.73 Å². The Morgan fingerprint density at radius 3 is 1.54 bits per heavy atom. The molecule has 0 fully saturated rings. The SMILES string of the molecule is CC/C=C\C/C=C\C/C=C\C/C=C\CCC(CCCCCCCC(=O)NC(CCCN)C(=O)O)OC(=O)CCCCCCC/C=C\C/C=C\C/C=C\CC. The molecule has 0 aromatic carbocycles. The van der Waals surface area contributed by atoms with E-state index in [0.717, 1.165) is 122 Å². The molecule has 2 unspecified atom stereocenters. The summed E-state index contributed by atoms with van der Waals surface area (Å²) in [5, 5.41) is 11.9. The van der Waals surface area contributed by atoms with Crippen LogP contribution in [0.3, 0.4) is 0 Å². The summed E-state index contributed by atoms with van der Waals surface area (Å²) in [5.74, 6) is -1.31. The van der Waals surface area contributed by atoms with Crippen molar-refractivity contribution in [3.63, 3.8) is 0 Å². The Bertz CT molecular complexity index is 1120. The molecule has 0 bridgehead atoms. The van der Waals surface area contributed by atoms with E-state index < -0.39 is 12.0 Å². The lowest BCUT2D eigenvalue weighted by Crippen LogP contribution is -2.40. The van der Waals surface area contributed by atoms with Gasteiger partial charge in [0.1, 0.15) is 12.1 Å². The van der Waals surface area contributed by atoms with E-state index >= 15 is 0 Å². The van der Waals surface area contributed by atoms with Crippen molar-refractivity contribution in [1.82, 2.24) is 5.32 Å². The average Bonchev–Trinajstić information content (AvgIpc) is 3.16. The van der Waals surface area contributed by atoms with E-state index in [2.05, 4.69) is 104 Å². The summed E-state index contributed by atoms with van der Waals surface area (Å²) in [6, 6.07) is -0.869. The fourth-order valence-electron chi connectivity index (χ4n) is 5.81. The molecule has 0 aromatic heterocycles. The standard InChI is InChI=1S/C47H78N2O5/c1-3-5-7-9-11-13-15-17-18-20-22-24-26-31-35-41-46(51)54-43(37-32-28-25-23-21-19-16-14-12-10-8-6-4-2)38-33-29-27-30-34-40-45(50)49-44(47(52)53)39-36-42-48/h5-8,11-14,17-19,21,25,28,43-44H,3-4,9-10,15-16,20,22-24,26-27,29-42,48H2,1-2H3,(H,49,50)(H,52,53)/b7-5-,8-6-,13-11-,14-12-,18-17-,21-19-,28-25-. The molecular weight excluding hydrogens is 673 g/mol. The summed E-state index contributed by atoms with van der Waals surface area (Å²) in [6.07, 6.45) is 53.4. The second kappa shape index (κ2) is 40.7. The minimum absolute atomic E-state index is 0.0775. The predicted molar refractivity (Wildman–Crippen MR) is 229 cm³/mol. The monoisotopic (exact) mass is 751 g/mol. The number of carboxylic acids is 1. The molecule has 7 nitrogen and oxygen atoms in total. The van der Waals surface area contributed by atoms with Gasteiger partial charge in [0.25, 0.3) is 0 Å². The molecule has 0 radical (unpaired) electrons. The quantitative estimate of drug-likeness (QED) is 0.0330. The zero-order chi connectivity index (χ0) is 39.6. The van der Waals surface area contributed by atoms with Gasteiger partial charge in [0, 0.05) is 12.8 Å². The lowest BCUT2D eigenvalue weighted by Gasteiger charge is -2.17. The highest BCUT2D eigenvalue weighted by atomic mass is 16.5. The average molecular weight is 751 g/mol. The van der Waals surface area contributed by atoms with Crippen molar-refractivity contribution in [3.8, 4) is 0 Å². The normalized spacial score (nSPS) is 13.5. The maximum atomic E-state index is 12.8. The molecule has 0 rings (SSSR count). The van der Waals surface area contributed by atoms with Gasteiger partial charge in [-0.15, -0.1) is 0 Å². The zero-order valence-corrected chi connectivity index (χ0v) is 34.3. The lowest BCUT2D eigenvalue weighted by atomic mass is 10.0. The summed E-state index contributed by atoms with van der Waals surface area (Å²) in [5.41, 5.74) is 5.48. The predicted octanol–water partition coefficient (Wildman–Crippen LogP) is 12.1. The van der Waals surface area contributed by atoms with Crippen LogP contribution in [0.25, 0.3) is 0 Å². The van der Waals surface area contributed by atoms with Crippen molar-refractivity contribution >= 4 is 17.8 Å². The maximum absolute atomic E-state index is 12.8. The van der Waals surface area contributed by atoms with Crippen LogP contribution < -0.4 is 11.1 Å². The van der Waals surface area contributed by atoms with Gasteiger partial charge in [-0.1, -0.05) is 137 Å². The molecule has 4 N–H and O–H groups in total. The van der Waals surface area contributed by atoms with E-state index in [9.17, 15) is 19.5 Å². The van der Waals surface area contributed by atoms with E-state index in [-0.39, 0.29) is 18.0 Å². The number of unbranched alkanes of at least 4 members (excludes halogenated alkanes) is 9. The second-order valence-corrected chi connectivity index (χ2v) is 14.0. The first kappa shape index (κ1) is 50.5. The fourth-order valence-corrected chi connectivity index (χ4v) is 5.81. The van der Waals surface area contributed by atoms with Crippen LogP contribution in [0.2, 0.25) is 0 Å². The highest BCUT2D eigenvalue weighted by Gasteiger charge is 2.19. The van der Waals surface area contributed by atoms with Crippen LogP contribution in [-0.4, -0.2) is 41.6 Å². The van der Waals surface area contributed by atoms with Crippen molar-refractivity contribution < 1.29 is 24.2 Å². The van der Waals surface area contributed by atoms with Crippen molar-refractivity contribution in [3.05, 3.63) is 85.1 Å². The third-order valence-electron chi connectivity index (χ3n) is 8.96. The van der Waals surface area contributed by atoms with Gasteiger partial charge in [-0.3, -0.25) is 9.59 Å². The van der Waals surface area contributed by atoms with Gasteiger partial charge in [-0.25, -0.2) is 4.79 Å².